The third-order valence-electron chi connectivity index (χ3n) is 2.47. The average molecular weight is 230 g/mol. The van der Waals surface area contributed by atoms with Gasteiger partial charge in [0, 0.05) is 12.5 Å². The molecule has 0 aliphatic heterocycles. The molecule has 1 atom stereocenters. The van der Waals surface area contributed by atoms with E-state index in [2.05, 4.69) is 22.0 Å². The molecule has 1 unspecified atom stereocenters. The molecule has 3 heteroatoms. The second kappa shape index (κ2) is 3.23. The Morgan fingerprint density at radius 1 is 1.67 bits per heavy atom. The van der Waals surface area contributed by atoms with Crippen molar-refractivity contribution in [2.45, 2.75) is 25.2 Å². The van der Waals surface area contributed by atoms with Gasteiger partial charge in [-0.25, -0.2) is 0 Å². The van der Waals surface area contributed by atoms with E-state index in [1.807, 2.05) is 0 Å². The van der Waals surface area contributed by atoms with Crippen molar-refractivity contribution in [2.24, 2.45) is 5.73 Å². The zero-order valence-corrected chi connectivity index (χ0v) is 8.43. The second-order valence-corrected chi connectivity index (χ2v) is 4.05. The topological polar surface area (TPSA) is 39.2 Å². The molecule has 1 aliphatic rings. The van der Waals surface area contributed by atoms with Gasteiger partial charge < -0.3 is 10.2 Å². The highest BCUT2D eigenvalue weighted by Crippen LogP contribution is 2.34. The number of fused-ring (bicyclic) bond motifs is 1. The van der Waals surface area contributed by atoms with Crippen molar-refractivity contribution in [2.75, 3.05) is 6.54 Å². The standard InChI is InChI=1S/C9H12BrNO/c10-8-4-6-2-1-3-7(5-11)9(6)12-8/h4,7H,1-3,5,11H2. The summed E-state index contributed by atoms with van der Waals surface area (Å²) in [4.78, 5) is 0. The first-order valence-corrected chi connectivity index (χ1v) is 5.08. The Hall–Kier alpha value is -0.280. The first-order chi connectivity index (χ1) is 5.81. The number of furan rings is 1. The summed E-state index contributed by atoms with van der Waals surface area (Å²) in [6, 6.07) is 2.07. The third kappa shape index (κ3) is 1.31. The Labute approximate surface area is 80.3 Å². The van der Waals surface area contributed by atoms with Crippen LogP contribution in [0.4, 0.5) is 0 Å². The van der Waals surface area contributed by atoms with Crippen molar-refractivity contribution in [1.82, 2.24) is 0 Å². The molecule has 0 saturated heterocycles. The predicted octanol–water partition coefficient (Wildman–Crippen LogP) is 2.42. The average Bonchev–Trinajstić information content (AvgIpc) is 2.44. The van der Waals surface area contributed by atoms with Crippen LogP contribution >= 0.6 is 15.9 Å². The van der Waals surface area contributed by atoms with Gasteiger partial charge in [0.2, 0.25) is 0 Å². The van der Waals surface area contributed by atoms with E-state index in [0.717, 1.165) is 16.9 Å². The molecule has 66 valence electrons. The molecule has 0 saturated carbocycles. The quantitative estimate of drug-likeness (QED) is 0.804. The molecule has 0 radical (unpaired) electrons. The van der Waals surface area contributed by atoms with E-state index in [1.165, 1.54) is 18.4 Å². The summed E-state index contributed by atoms with van der Waals surface area (Å²) in [5.41, 5.74) is 6.99. The third-order valence-corrected chi connectivity index (χ3v) is 2.86. The van der Waals surface area contributed by atoms with Crippen LogP contribution in [0.3, 0.4) is 0 Å². The van der Waals surface area contributed by atoms with Gasteiger partial charge in [-0.2, -0.15) is 0 Å². The van der Waals surface area contributed by atoms with Gasteiger partial charge in [0.15, 0.2) is 4.67 Å². The lowest BCUT2D eigenvalue weighted by atomic mass is 9.89. The normalized spacial score (nSPS) is 22.3. The van der Waals surface area contributed by atoms with Crippen LogP contribution in [0.15, 0.2) is 15.2 Å². The molecule has 0 aromatic carbocycles. The minimum Gasteiger partial charge on any atom is -0.454 e. The van der Waals surface area contributed by atoms with Gasteiger partial charge in [-0.1, -0.05) is 0 Å². The number of nitrogens with two attached hydrogens (primary N) is 1. The molecular weight excluding hydrogens is 218 g/mol. The minimum atomic E-state index is 0.444. The second-order valence-electron chi connectivity index (χ2n) is 3.26. The van der Waals surface area contributed by atoms with Gasteiger partial charge >= 0.3 is 0 Å². The number of hydrogen-bond acceptors (Lipinski definition) is 2. The maximum Gasteiger partial charge on any atom is 0.169 e. The highest BCUT2D eigenvalue weighted by Gasteiger charge is 2.23. The summed E-state index contributed by atoms with van der Waals surface area (Å²) in [6.07, 6.45) is 3.55. The van der Waals surface area contributed by atoms with Gasteiger partial charge in [-0.3, -0.25) is 0 Å². The van der Waals surface area contributed by atoms with Crippen LogP contribution in [0.25, 0.3) is 0 Å². The Bertz CT molecular complexity index is 282. The van der Waals surface area contributed by atoms with E-state index in [0.29, 0.717) is 12.5 Å². The molecule has 0 fully saturated rings. The summed E-state index contributed by atoms with van der Waals surface area (Å²) >= 11 is 3.34. The molecule has 0 spiro atoms. The molecule has 2 rings (SSSR count). The number of rotatable bonds is 1. The maximum absolute atomic E-state index is 5.65. The fourth-order valence-electron chi connectivity index (χ4n) is 1.84. The number of hydrogen-bond donors (Lipinski definition) is 1. The van der Waals surface area contributed by atoms with E-state index < -0.39 is 0 Å². The zero-order valence-electron chi connectivity index (χ0n) is 6.85. The van der Waals surface area contributed by atoms with E-state index in [4.69, 9.17) is 10.2 Å². The van der Waals surface area contributed by atoms with Crippen molar-refractivity contribution in [1.29, 1.82) is 0 Å². The van der Waals surface area contributed by atoms with Crippen molar-refractivity contribution in [3.05, 3.63) is 22.1 Å². The molecule has 1 heterocycles. The smallest absolute Gasteiger partial charge is 0.169 e. The van der Waals surface area contributed by atoms with Gasteiger partial charge in [0.05, 0.1) is 0 Å². The van der Waals surface area contributed by atoms with E-state index in [9.17, 15) is 0 Å². The predicted molar refractivity (Wildman–Crippen MR) is 51.1 cm³/mol. The van der Waals surface area contributed by atoms with Gasteiger partial charge in [-0.15, -0.1) is 0 Å². The Morgan fingerprint density at radius 3 is 3.25 bits per heavy atom. The Kier molecular flexibility index (Phi) is 2.24. The monoisotopic (exact) mass is 229 g/mol. The summed E-state index contributed by atoms with van der Waals surface area (Å²) in [5, 5.41) is 0. The molecule has 0 bridgehead atoms. The molecular formula is C9H12BrNO. The van der Waals surface area contributed by atoms with Crippen LogP contribution in [0.1, 0.15) is 30.1 Å². The maximum atomic E-state index is 5.65. The van der Waals surface area contributed by atoms with Crippen molar-refractivity contribution < 1.29 is 4.42 Å². The summed E-state index contributed by atoms with van der Waals surface area (Å²) in [6.45, 7) is 0.701. The van der Waals surface area contributed by atoms with Crippen molar-refractivity contribution >= 4 is 15.9 Å². The highest BCUT2D eigenvalue weighted by atomic mass is 79.9. The number of halogens is 1. The van der Waals surface area contributed by atoms with Crippen LogP contribution in [-0.2, 0) is 6.42 Å². The lowest BCUT2D eigenvalue weighted by Crippen LogP contribution is -2.16. The summed E-state index contributed by atoms with van der Waals surface area (Å²) < 4.78 is 6.39. The Balaban J connectivity index is 2.36. The van der Waals surface area contributed by atoms with Crippen LogP contribution in [0.2, 0.25) is 0 Å². The zero-order chi connectivity index (χ0) is 8.55. The van der Waals surface area contributed by atoms with Crippen molar-refractivity contribution in [3.63, 3.8) is 0 Å². The Morgan fingerprint density at radius 2 is 2.50 bits per heavy atom. The van der Waals surface area contributed by atoms with Gasteiger partial charge in [0.1, 0.15) is 5.76 Å². The van der Waals surface area contributed by atoms with E-state index >= 15 is 0 Å². The first-order valence-electron chi connectivity index (χ1n) is 4.29. The highest BCUT2D eigenvalue weighted by molar-refractivity contribution is 9.10. The van der Waals surface area contributed by atoms with Gasteiger partial charge in [0.25, 0.3) is 0 Å². The van der Waals surface area contributed by atoms with E-state index in [1.54, 1.807) is 0 Å². The SMILES string of the molecule is NCC1CCCc2cc(Br)oc21. The van der Waals surface area contributed by atoms with Crippen LogP contribution in [0, 0.1) is 0 Å². The van der Waals surface area contributed by atoms with Crippen molar-refractivity contribution in [3.8, 4) is 0 Å². The molecule has 12 heavy (non-hydrogen) atoms. The van der Waals surface area contributed by atoms with Crippen LogP contribution in [0.5, 0.6) is 0 Å². The molecule has 1 aromatic rings. The largest absolute Gasteiger partial charge is 0.454 e. The first kappa shape index (κ1) is 8.32. The van der Waals surface area contributed by atoms with Crippen LogP contribution in [-0.4, -0.2) is 6.54 Å². The lowest BCUT2D eigenvalue weighted by molar-refractivity contribution is 0.409. The van der Waals surface area contributed by atoms with E-state index in [-0.39, 0.29) is 0 Å². The fourth-order valence-corrected chi connectivity index (χ4v) is 2.29. The number of aryl methyl sites for hydroxylation is 1. The molecule has 2 nitrogen and oxygen atoms in total. The molecule has 2 N–H and O–H groups in total. The van der Waals surface area contributed by atoms with Crippen LogP contribution < -0.4 is 5.73 Å². The summed E-state index contributed by atoms with van der Waals surface area (Å²) in [5.74, 6) is 1.55. The fraction of sp³-hybridized carbons (Fsp3) is 0.556. The summed E-state index contributed by atoms with van der Waals surface area (Å²) in [7, 11) is 0. The van der Waals surface area contributed by atoms with Gasteiger partial charge in [-0.05, 0) is 46.8 Å². The molecule has 1 aliphatic carbocycles. The minimum absolute atomic E-state index is 0.444. The lowest BCUT2D eigenvalue weighted by Gasteiger charge is -2.18. The molecule has 1 aromatic heterocycles. The molecule has 0 amide bonds.